The van der Waals surface area contributed by atoms with E-state index in [1.54, 1.807) is 31.4 Å². The largest absolute Gasteiger partial charge is 0.497 e. The third kappa shape index (κ3) is 4.12. The van der Waals surface area contributed by atoms with Gasteiger partial charge < -0.3 is 4.74 Å². The summed E-state index contributed by atoms with van der Waals surface area (Å²) in [6.07, 6.45) is 2.49. The zero-order chi connectivity index (χ0) is 20.4. The lowest BCUT2D eigenvalue weighted by atomic mass is 9.82. The second kappa shape index (κ2) is 8.01. The number of halogens is 1. The zero-order valence-electron chi connectivity index (χ0n) is 15.7. The molecule has 2 aromatic carbocycles. The number of hydrogen-bond donors (Lipinski definition) is 1. The van der Waals surface area contributed by atoms with Crippen molar-refractivity contribution in [2.24, 2.45) is 0 Å². The van der Waals surface area contributed by atoms with Gasteiger partial charge in [0.15, 0.2) is 5.78 Å². The highest BCUT2D eigenvalue weighted by molar-refractivity contribution is 6.30. The Morgan fingerprint density at radius 1 is 1.10 bits per heavy atom. The quantitative estimate of drug-likeness (QED) is 0.697. The van der Waals surface area contributed by atoms with Gasteiger partial charge in [0.1, 0.15) is 5.75 Å². The highest BCUT2D eigenvalue weighted by Gasteiger charge is 2.28. The molecule has 6 nitrogen and oxygen atoms in total. The van der Waals surface area contributed by atoms with Gasteiger partial charge in [-0.2, -0.15) is 0 Å². The van der Waals surface area contributed by atoms with Gasteiger partial charge in [-0.05, 0) is 54.3 Å². The fraction of sp³-hybridized carbons (Fsp3) is 0.182. The molecule has 4 rings (SSSR count). The van der Waals surface area contributed by atoms with Crippen LogP contribution in [0, 0.1) is 0 Å². The number of aromatic nitrogens is 2. The van der Waals surface area contributed by atoms with E-state index in [-0.39, 0.29) is 23.6 Å². The number of Topliss-reactive ketones (excluding diaryl/α,β-unsaturated/α-hetero) is 1. The summed E-state index contributed by atoms with van der Waals surface area (Å²) in [5, 5.41) is 3.23. The van der Waals surface area contributed by atoms with Crippen molar-refractivity contribution in [3.63, 3.8) is 0 Å². The number of carbonyl (C=O) groups excluding carboxylic acids is 2. The van der Waals surface area contributed by atoms with Crippen LogP contribution in [0.3, 0.4) is 0 Å². The van der Waals surface area contributed by atoms with Crippen LogP contribution in [0.25, 0.3) is 0 Å². The molecule has 29 heavy (non-hydrogen) atoms. The van der Waals surface area contributed by atoms with Crippen LogP contribution >= 0.6 is 11.6 Å². The number of amides is 1. The van der Waals surface area contributed by atoms with Crippen molar-refractivity contribution < 1.29 is 14.3 Å². The fourth-order valence-electron chi connectivity index (χ4n) is 3.39. The molecular weight excluding hydrogens is 390 g/mol. The molecule has 0 saturated carbocycles. The molecule has 0 unspecified atom stereocenters. The van der Waals surface area contributed by atoms with Crippen molar-refractivity contribution in [2.75, 3.05) is 12.4 Å². The average Bonchev–Trinajstić information content (AvgIpc) is 2.74. The number of anilines is 1. The number of benzene rings is 2. The number of hydrogen-bond acceptors (Lipinski definition) is 5. The lowest BCUT2D eigenvalue weighted by molar-refractivity contribution is 0.0962. The SMILES string of the molecule is COc1ccc([C@H]2CC(=O)c3cnc(NC(=O)c4ccc(Cl)cc4)nc3C2)cc1. The number of carbonyl (C=O) groups is 2. The minimum atomic E-state index is -0.338. The number of nitrogens with one attached hydrogen (secondary N) is 1. The molecule has 1 atom stereocenters. The number of fused-ring (bicyclic) bond motifs is 1. The number of nitrogens with zero attached hydrogens (tertiary/aromatic N) is 2. The number of ketones is 1. The molecule has 7 heteroatoms. The fourth-order valence-corrected chi connectivity index (χ4v) is 3.52. The Kier molecular flexibility index (Phi) is 5.27. The molecule has 1 heterocycles. The molecular formula is C22H18ClN3O3. The van der Waals surface area contributed by atoms with Gasteiger partial charge in [0, 0.05) is 23.2 Å². The lowest BCUT2D eigenvalue weighted by Gasteiger charge is -2.23. The van der Waals surface area contributed by atoms with Gasteiger partial charge in [0.25, 0.3) is 5.91 Å². The summed E-state index contributed by atoms with van der Waals surface area (Å²) in [4.78, 5) is 33.5. The summed E-state index contributed by atoms with van der Waals surface area (Å²) in [5.41, 5.74) is 2.65. The molecule has 3 aromatic rings. The lowest BCUT2D eigenvalue weighted by Crippen LogP contribution is -2.22. The highest BCUT2D eigenvalue weighted by atomic mass is 35.5. The average molecular weight is 408 g/mol. The molecule has 1 N–H and O–H groups in total. The van der Waals surface area contributed by atoms with E-state index in [1.807, 2.05) is 24.3 Å². The first-order chi connectivity index (χ1) is 14.0. The van der Waals surface area contributed by atoms with Gasteiger partial charge >= 0.3 is 0 Å². The summed E-state index contributed by atoms with van der Waals surface area (Å²) in [6, 6.07) is 14.2. The molecule has 0 spiro atoms. The summed E-state index contributed by atoms with van der Waals surface area (Å²) in [6.45, 7) is 0. The van der Waals surface area contributed by atoms with E-state index < -0.39 is 0 Å². The van der Waals surface area contributed by atoms with Gasteiger partial charge in [-0.1, -0.05) is 23.7 Å². The van der Waals surface area contributed by atoms with Crippen molar-refractivity contribution in [3.05, 3.63) is 82.1 Å². The van der Waals surface area contributed by atoms with Crippen molar-refractivity contribution in [2.45, 2.75) is 18.8 Å². The van der Waals surface area contributed by atoms with Gasteiger partial charge in [0.2, 0.25) is 5.95 Å². The molecule has 0 saturated heterocycles. The normalized spacial score (nSPS) is 15.5. The summed E-state index contributed by atoms with van der Waals surface area (Å²) in [5.74, 6) is 0.631. The van der Waals surface area contributed by atoms with Crippen LogP contribution in [0.4, 0.5) is 5.95 Å². The second-order valence-corrected chi connectivity index (χ2v) is 7.25. The van der Waals surface area contributed by atoms with Crippen molar-refractivity contribution in [3.8, 4) is 5.75 Å². The van der Waals surface area contributed by atoms with Crippen molar-refractivity contribution in [1.29, 1.82) is 0 Å². The van der Waals surface area contributed by atoms with Gasteiger partial charge in [-0.15, -0.1) is 0 Å². The molecule has 1 aromatic heterocycles. The Labute approximate surface area is 172 Å². The topological polar surface area (TPSA) is 81.2 Å². The highest BCUT2D eigenvalue weighted by Crippen LogP contribution is 2.32. The van der Waals surface area contributed by atoms with Crippen LogP contribution in [0.15, 0.2) is 54.7 Å². The standard InChI is InChI=1S/C22H18ClN3O3/c1-29-17-8-4-13(5-9-17)15-10-19-18(20(27)11-15)12-24-22(25-19)26-21(28)14-2-6-16(23)7-3-14/h2-9,12,15H,10-11H2,1H3,(H,24,25,26,28)/t15-/m1/s1. The number of ether oxygens (including phenoxy) is 1. The number of rotatable bonds is 4. The van der Waals surface area contributed by atoms with Crippen LogP contribution in [-0.2, 0) is 6.42 Å². The third-order valence-electron chi connectivity index (χ3n) is 4.96. The first-order valence-electron chi connectivity index (χ1n) is 9.13. The van der Waals surface area contributed by atoms with Crippen molar-refractivity contribution in [1.82, 2.24) is 9.97 Å². The third-order valence-corrected chi connectivity index (χ3v) is 5.21. The van der Waals surface area contributed by atoms with Gasteiger partial charge in [-0.25, -0.2) is 9.97 Å². The van der Waals surface area contributed by atoms with Crippen LogP contribution in [-0.4, -0.2) is 28.8 Å². The predicted octanol–water partition coefficient (Wildman–Crippen LogP) is 4.30. The Morgan fingerprint density at radius 3 is 2.52 bits per heavy atom. The van der Waals surface area contributed by atoms with Crippen molar-refractivity contribution >= 4 is 29.2 Å². The van der Waals surface area contributed by atoms with E-state index >= 15 is 0 Å². The molecule has 146 valence electrons. The van der Waals surface area contributed by atoms with E-state index in [1.165, 1.54) is 6.20 Å². The molecule has 0 radical (unpaired) electrons. The summed E-state index contributed by atoms with van der Waals surface area (Å²) in [7, 11) is 1.62. The maximum Gasteiger partial charge on any atom is 0.258 e. The molecule has 0 aliphatic heterocycles. The maximum atomic E-state index is 12.6. The van der Waals surface area contributed by atoms with E-state index in [0.717, 1.165) is 11.3 Å². The van der Waals surface area contributed by atoms with Gasteiger partial charge in [0.05, 0.1) is 18.4 Å². The molecule has 1 aliphatic rings. The first-order valence-corrected chi connectivity index (χ1v) is 9.51. The molecule has 1 aliphatic carbocycles. The van der Waals surface area contributed by atoms with E-state index in [4.69, 9.17) is 16.3 Å². The van der Waals surface area contributed by atoms with E-state index in [9.17, 15) is 9.59 Å². The predicted molar refractivity (Wildman–Crippen MR) is 110 cm³/mol. The maximum absolute atomic E-state index is 12.6. The Bertz CT molecular complexity index is 1070. The molecule has 0 bridgehead atoms. The zero-order valence-corrected chi connectivity index (χ0v) is 16.4. The van der Waals surface area contributed by atoms with Gasteiger partial charge in [-0.3, -0.25) is 14.9 Å². The minimum Gasteiger partial charge on any atom is -0.497 e. The first kappa shape index (κ1) is 19.1. The summed E-state index contributed by atoms with van der Waals surface area (Å²) >= 11 is 5.86. The Balaban J connectivity index is 1.55. The second-order valence-electron chi connectivity index (χ2n) is 6.82. The van der Waals surface area contributed by atoms with Crippen LogP contribution in [0.1, 0.15) is 44.3 Å². The van der Waals surface area contributed by atoms with E-state index in [2.05, 4.69) is 15.3 Å². The van der Waals surface area contributed by atoms with Crippen LogP contribution < -0.4 is 10.1 Å². The Hall–Kier alpha value is -3.25. The smallest absolute Gasteiger partial charge is 0.258 e. The summed E-state index contributed by atoms with van der Waals surface area (Å²) < 4.78 is 5.19. The molecule has 1 amide bonds. The van der Waals surface area contributed by atoms with Crippen LogP contribution in [0.2, 0.25) is 5.02 Å². The molecule has 0 fully saturated rings. The minimum absolute atomic E-state index is 0.00245. The monoisotopic (exact) mass is 407 g/mol. The Morgan fingerprint density at radius 2 is 1.83 bits per heavy atom. The van der Waals surface area contributed by atoms with Crippen LogP contribution in [0.5, 0.6) is 5.75 Å². The van der Waals surface area contributed by atoms with E-state index in [0.29, 0.717) is 34.7 Å². The number of methoxy groups -OCH3 is 1.